The predicted molar refractivity (Wildman–Crippen MR) is 66.6 cm³/mol. The minimum Gasteiger partial charge on any atom is -0.494 e. The van der Waals surface area contributed by atoms with Crippen LogP contribution < -0.4 is 4.74 Å². The topological polar surface area (TPSA) is 29.5 Å². The van der Waals surface area contributed by atoms with E-state index >= 15 is 0 Å². The number of aliphatic hydroxyl groups excluding tert-OH is 1. The smallest absolute Gasteiger partial charge is 0.165 e. The molecular weight excluding hydrogens is 219 g/mol. The molecule has 0 heterocycles. The van der Waals surface area contributed by atoms with Crippen molar-refractivity contribution < 1.29 is 14.2 Å². The van der Waals surface area contributed by atoms with Crippen molar-refractivity contribution in [1.29, 1.82) is 0 Å². The summed E-state index contributed by atoms with van der Waals surface area (Å²) in [6.07, 6.45) is 2.15. The van der Waals surface area contributed by atoms with E-state index in [1.807, 2.05) is 0 Å². The lowest BCUT2D eigenvalue weighted by atomic mass is 9.93. The van der Waals surface area contributed by atoms with Crippen molar-refractivity contribution in [3.8, 4) is 5.75 Å². The SMILES string of the molecule is CCC(CC)CC(O)c1ccc(OC)c(F)c1. The van der Waals surface area contributed by atoms with Crippen LogP contribution in [-0.4, -0.2) is 12.2 Å². The fourth-order valence-electron chi connectivity index (χ4n) is 1.96. The van der Waals surface area contributed by atoms with Crippen LogP contribution in [0.5, 0.6) is 5.75 Å². The number of aliphatic hydroxyl groups is 1. The van der Waals surface area contributed by atoms with Crippen LogP contribution in [0, 0.1) is 11.7 Å². The summed E-state index contributed by atoms with van der Waals surface area (Å²) in [6, 6.07) is 4.63. The van der Waals surface area contributed by atoms with Crippen LogP contribution in [0.3, 0.4) is 0 Å². The van der Waals surface area contributed by atoms with E-state index in [4.69, 9.17) is 4.74 Å². The predicted octanol–water partition coefficient (Wildman–Crippen LogP) is 3.69. The third kappa shape index (κ3) is 3.70. The van der Waals surface area contributed by atoms with Gasteiger partial charge in [0.05, 0.1) is 13.2 Å². The summed E-state index contributed by atoms with van der Waals surface area (Å²) in [4.78, 5) is 0. The van der Waals surface area contributed by atoms with Crippen molar-refractivity contribution in [2.24, 2.45) is 5.92 Å². The first-order valence-corrected chi connectivity index (χ1v) is 6.13. The van der Waals surface area contributed by atoms with Crippen molar-refractivity contribution in [1.82, 2.24) is 0 Å². The average molecular weight is 240 g/mol. The normalized spacial score (nSPS) is 12.8. The highest BCUT2D eigenvalue weighted by atomic mass is 19.1. The summed E-state index contributed by atoms with van der Waals surface area (Å²) in [5.74, 6) is 0.271. The van der Waals surface area contributed by atoms with Gasteiger partial charge >= 0.3 is 0 Å². The summed E-state index contributed by atoms with van der Waals surface area (Å²) < 4.78 is 18.3. The summed E-state index contributed by atoms with van der Waals surface area (Å²) in [5, 5.41) is 10.0. The second kappa shape index (κ2) is 6.60. The van der Waals surface area contributed by atoms with Crippen LogP contribution in [0.4, 0.5) is 4.39 Å². The molecule has 0 spiro atoms. The van der Waals surface area contributed by atoms with E-state index in [0.29, 0.717) is 17.9 Å². The van der Waals surface area contributed by atoms with E-state index in [9.17, 15) is 9.50 Å². The highest BCUT2D eigenvalue weighted by Gasteiger charge is 2.15. The van der Waals surface area contributed by atoms with E-state index in [1.54, 1.807) is 12.1 Å². The maximum absolute atomic E-state index is 13.5. The molecule has 1 N–H and O–H groups in total. The summed E-state index contributed by atoms with van der Waals surface area (Å²) in [6.45, 7) is 4.21. The fraction of sp³-hybridized carbons (Fsp3) is 0.571. The minimum absolute atomic E-state index is 0.212. The molecule has 1 atom stereocenters. The zero-order valence-electron chi connectivity index (χ0n) is 10.7. The molecule has 17 heavy (non-hydrogen) atoms. The van der Waals surface area contributed by atoms with Crippen LogP contribution in [0.1, 0.15) is 44.8 Å². The van der Waals surface area contributed by atoms with Crippen molar-refractivity contribution in [2.75, 3.05) is 7.11 Å². The molecule has 0 aromatic heterocycles. The molecule has 0 bridgehead atoms. The van der Waals surface area contributed by atoms with Gasteiger partial charge in [0.15, 0.2) is 11.6 Å². The maximum Gasteiger partial charge on any atom is 0.165 e. The van der Waals surface area contributed by atoms with Crippen LogP contribution in [0.15, 0.2) is 18.2 Å². The lowest BCUT2D eigenvalue weighted by Gasteiger charge is -2.18. The molecule has 0 saturated carbocycles. The molecule has 96 valence electrons. The molecule has 0 fully saturated rings. The van der Waals surface area contributed by atoms with Gasteiger partial charge in [-0.05, 0) is 30.0 Å². The molecule has 2 nitrogen and oxygen atoms in total. The summed E-state index contributed by atoms with van der Waals surface area (Å²) >= 11 is 0. The first kappa shape index (κ1) is 14.0. The maximum atomic E-state index is 13.5. The standard InChI is InChI=1S/C14H21FO2/c1-4-10(5-2)8-13(16)11-6-7-14(17-3)12(15)9-11/h6-7,9-10,13,16H,4-5,8H2,1-3H3. The zero-order chi connectivity index (χ0) is 12.8. The van der Waals surface area contributed by atoms with Gasteiger partial charge in [0, 0.05) is 0 Å². The molecule has 0 aliphatic carbocycles. The Morgan fingerprint density at radius 3 is 2.41 bits per heavy atom. The third-order valence-corrected chi connectivity index (χ3v) is 3.27. The fourth-order valence-corrected chi connectivity index (χ4v) is 1.96. The number of benzene rings is 1. The van der Waals surface area contributed by atoms with Gasteiger partial charge in [-0.2, -0.15) is 0 Å². The first-order chi connectivity index (χ1) is 8.12. The number of methoxy groups -OCH3 is 1. The van der Waals surface area contributed by atoms with Gasteiger partial charge in [-0.25, -0.2) is 4.39 Å². The Morgan fingerprint density at radius 1 is 1.29 bits per heavy atom. The number of hydrogen-bond donors (Lipinski definition) is 1. The average Bonchev–Trinajstić information content (AvgIpc) is 2.35. The van der Waals surface area contributed by atoms with Gasteiger partial charge in [0.25, 0.3) is 0 Å². The Hall–Kier alpha value is -1.09. The molecule has 0 amide bonds. The van der Waals surface area contributed by atoms with Crippen molar-refractivity contribution in [3.05, 3.63) is 29.6 Å². The van der Waals surface area contributed by atoms with Gasteiger partial charge in [-0.15, -0.1) is 0 Å². The minimum atomic E-state index is -0.597. The van der Waals surface area contributed by atoms with Gasteiger partial charge in [-0.1, -0.05) is 32.8 Å². The molecule has 0 aliphatic heterocycles. The Bertz CT molecular complexity index is 348. The highest BCUT2D eigenvalue weighted by molar-refractivity contribution is 5.30. The van der Waals surface area contributed by atoms with Gasteiger partial charge in [-0.3, -0.25) is 0 Å². The van der Waals surface area contributed by atoms with E-state index in [1.165, 1.54) is 13.2 Å². The van der Waals surface area contributed by atoms with Crippen LogP contribution in [0.25, 0.3) is 0 Å². The number of ether oxygens (including phenoxy) is 1. The Balaban J connectivity index is 2.75. The van der Waals surface area contributed by atoms with E-state index in [0.717, 1.165) is 12.8 Å². The molecule has 3 heteroatoms. The second-order valence-electron chi connectivity index (χ2n) is 4.33. The monoisotopic (exact) mass is 240 g/mol. The number of rotatable bonds is 6. The van der Waals surface area contributed by atoms with Crippen molar-refractivity contribution in [2.45, 2.75) is 39.2 Å². The molecule has 0 radical (unpaired) electrons. The largest absolute Gasteiger partial charge is 0.494 e. The van der Waals surface area contributed by atoms with Crippen molar-refractivity contribution in [3.63, 3.8) is 0 Å². The molecule has 0 saturated heterocycles. The van der Waals surface area contributed by atoms with Crippen LogP contribution in [-0.2, 0) is 0 Å². The van der Waals surface area contributed by atoms with Crippen molar-refractivity contribution >= 4 is 0 Å². The molecular formula is C14H21FO2. The van der Waals surface area contributed by atoms with E-state index in [-0.39, 0.29) is 5.75 Å². The molecule has 1 rings (SSSR count). The van der Waals surface area contributed by atoms with E-state index in [2.05, 4.69) is 13.8 Å². The number of halogens is 1. The molecule has 1 unspecified atom stereocenters. The quantitative estimate of drug-likeness (QED) is 0.821. The second-order valence-corrected chi connectivity index (χ2v) is 4.33. The van der Waals surface area contributed by atoms with E-state index < -0.39 is 11.9 Å². The molecule has 1 aromatic rings. The van der Waals surface area contributed by atoms with Gasteiger partial charge < -0.3 is 9.84 Å². The third-order valence-electron chi connectivity index (χ3n) is 3.27. The Labute approximate surface area is 102 Å². The van der Waals surface area contributed by atoms with Gasteiger partial charge in [0.2, 0.25) is 0 Å². The molecule has 0 aliphatic rings. The lowest BCUT2D eigenvalue weighted by molar-refractivity contribution is 0.140. The van der Waals surface area contributed by atoms with Crippen LogP contribution >= 0.6 is 0 Å². The highest BCUT2D eigenvalue weighted by Crippen LogP contribution is 2.27. The summed E-state index contributed by atoms with van der Waals surface area (Å²) in [7, 11) is 1.43. The molecule has 1 aromatic carbocycles. The Morgan fingerprint density at radius 2 is 1.94 bits per heavy atom. The Kier molecular flexibility index (Phi) is 5.42. The number of hydrogen-bond acceptors (Lipinski definition) is 2. The zero-order valence-corrected chi connectivity index (χ0v) is 10.7. The van der Waals surface area contributed by atoms with Gasteiger partial charge in [0.1, 0.15) is 0 Å². The lowest BCUT2D eigenvalue weighted by Crippen LogP contribution is -2.06. The summed E-state index contributed by atoms with van der Waals surface area (Å²) in [5.41, 5.74) is 0.621. The van der Waals surface area contributed by atoms with Crippen LogP contribution in [0.2, 0.25) is 0 Å². The first-order valence-electron chi connectivity index (χ1n) is 6.13.